The molecule has 0 bridgehead atoms. The summed E-state index contributed by atoms with van der Waals surface area (Å²) in [6.45, 7) is 8.04. The van der Waals surface area contributed by atoms with Crippen molar-refractivity contribution < 1.29 is 14.3 Å². The molecule has 0 saturated heterocycles. The van der Waals surface area contributed by atoms with Crippen LogP contribution in [0.4, 0.5) is 11.5 Å². The van der Waals surface area contributed by atoms with Gasteiger partial charge in [-0.3, -0.25) is 0 Å². The van der Waals surface area contributed by atoms with Crippen LogP contribution in [-0.2, 0) is 12.8 Å². The molecule has 0 fully saturated rings. The fraction of sp³-hybridized carbons (Fsp3) is 0.286. The molecule has 1 aromatic carbocycles. The van der Waals surface area contributed by atoms with Gasteiger partial charge < -0.3 is 14.8 Å². The number of hydrogen-bond acceptors (Lipinski definition) is 5. The van der Waals surface area contributed by atoms with Crippen molar-refractivity contribution in [3.63, 3.8) is 0 Å². The zero-order chi connectivity index (χ0) is 19.6. The van der Waals surface area contributed by atoms with Crippen molar-refractivity contribution in [1.82, 2.24) is 9.97 Å². The maximum Gasteiger partial charge on any atom is 0.335 e. The van der Waals surface area contributed by atoms with Gasteiger partial charge in [0.15, 0.2) is 11.6 Å². The number of benzene rings is 1. The van der Waals surface area contributed by atoms with Gasteiger partial charge in [0.25, 0.3) is 0 Å². The van der Waals surface area contributed by atoms with Crippen LogP contribution in [0.1, 0.15) is 46.8 Å². The first-order valence-corrected chi connectivity index (χ1v) is 9.00. The lowest BCUT2D eigenvalue weighted by Crippen LogP contribution is -2.07. The third kappa shape index (κ3) is 3.84. The fourth-order valence-corrected chi connectivity index (χ4v) is 2.92. The van der Waals surface area contributed by atoms with Gasteiger partial charge in [-0.1, -0.05) is 13.8 Å². The van der Waals surface area contributed by atoms with Crippen LogP contribution in [0.5, 0.6) is 0 Å². The number of carboxylic acids is 1. The Labute approximate surface area is 158 Å². The van der Waals surface area contributed by atoms with Gasteiger partial charge in [-0.15, -0.1) is 0 Å². The molecule has 3 rings (SSSR count). The summed E-state index contributed by atoms with van der Waals surface area (Å²) in [5, 5.41) is 12.4. The molecule has 6 nitrogen and oxygen atoms in total. The van der Waals surface area contributed by atoms with Gasteiger partial charge in [0, 0.05) is 16.9 Å². The minimum Gasteiger partial charge on any atom is -0.478 e. The monoisotopic (exact) mass is 365 g/mol. The highest BCUT2D eigenvalue weighted by atomic mass is 16.4. The number of carbonyl (C=O) groups is 1. The molecule has 3 aromatic rings. The minimum absolute atomic E-state index is 0.246. The molecule has 2 aromatic heterocycles. The highest BCUT2D eigenvalue weighted by Crippen LogP contribution is 2.28. The first-order chi connectivity index (χ1) is 12.9. The van der Waals surface area contributed by atoms with Crippen LogP contribution in [0.3, 0.4) is 0 Å². The Balaban J connectivity index is 2.04. The number of nitrogens with zero attached hydrogens (tertiary/aromatic N) is 2. The van der Waals surface area contributed by atoms with Gasteiger partial charge in [0.2, 0.25) is 0 Å². The summed E-state index contributed by atoms with van der Waals surface area (Å²) in [7, 11) is 0. The zero-order valence-corrected chi connectivity index (χ0v) is 16.0. The van der Waals surface area contributed by atoms with Crippen molar-refractivity contribution in [3.05, 3.63) is 58.5 Å². The summed E-state index contributed by atoms with van der Waals surface area (Å²) >= 11 is 0. The van der Waals surface area contributed by atoms with Crippen molar-refractivity contribution in [2.75, 3.05) is 5.32 Å². The number of hydrogen-bond donors (Lipinski definition) is 2. The van der Waals surface area contributed by atoms with E-state index in [0.717, 1.165) is 41.1 Å². The molecule has 2 N–H and O–H groups in total. The molecule has 0 amide bonds. The Bertz CT molecular complexity index is 956. The van der Waals surface area contributed by atoms with Gasteiger partial charge in [0.1, 0.15) is 11.6 Å². The van der Waals surface area contributed by atoms with Crippen LogP contribution in [0.25, 0.3) is 11.6 Å². The molecule has 2 heterocycles. The lowest BCUT2D eigenvalue weighted by Gasteiger charge is -2.14. The lowest BCUT2D eigenvalue weighted by atomic mass is 10.1. The predicted octanol–water partition coefficient (Wildman–Crippen LogP) is 4.92. The number of carboxylic acid groups (broad SMARTS) is 1. The van der Waals surface area contributed by atoms with Gasteiger partial charge in [-0.05, 0) is 62.6 Å². The van der Waals surface area contributed by atoms with E-state index in [4.69, 9.17) is 19.5 Å². The Morgan fingerprint density at radius 2 is 1.81 bits per heavy atom. The number of aromatic nitrogens is 2. The molecule has 0 radical (unpaired) electrons. The standard InChI is InChI=1S/C21H23N3O3/c1-5-16-17(6-2)23-20(18-11-12(3)13(4)27-18)24-19(16)22-15-9-7-14(8-10-15)21(25)26/h7-11H,5-6H2,1-4H3,(H,25,26)(H,22,23,24). The van der Waals surface area contributed by atoms with Crippen molar-refractivity contribution in [2.45, 2.75) is 40.5 Å². The average Bonchev–Trinajstić information content (AvgIpc) is 3.00. The molecule has 0 spiro atoms. The quantitative estimate of drug-likeness (QED) is 0.644. The van der Waals surface area contributed by atoms with E-state index in [0.29, 0.717) is 17.4 Å². The molecule has 6 heteroatoms. The van der Waals surface area contributed by atoms with Gasteiger partial charge in [0.05, 0.1) is 5.56 Å². The molecule has 0 aliphatic heterocycles. The second-order valence-corrected chi connectivity index (χ2v) is 6.39. The zero-order valence-electron chi connectivity index (χ0n) is 16.0. The molecule has 140 valence electrons. The molecular weight excluding hydrogens is 342 g/mol. The number of aromatic carboxylic acids is 1. The van der Waals surface area contributed by atoms with Crippen molar-refractivity contribution in [1.29, 1.82) is 0 Å². The summed E-state index contributed by atoms with van der Waals surface area (Å²) < 4.78 is 5.80. The van der Waals surface area contributed by atoms with Crippen LogP contribution in [0.15, 0.2) is 34.7 Å². The van der Waals surface area contributed by atoms with Crippen molar-refractivity contribution in [3.8, 4) is 11.6 Å². The molecule has 0 aliphatic rings. The van der Waals surface area contributed by atoms with Crippen LogP contribution in [0.2, 0.25) is 0 Å². The Kier molecular flexibility index (Phi) is 5.26. The molecular formula is C21H23N3O3. The number of anilines is 2. The Morgan fingerprint density at radius 1 is 1.11 bits per heavy atom. The highest BCUT2D eigenvalue weighted by molar-refractivity contribution is 5.88. The van der Waals surface area contributed by atoms with E-state index < -0.39 is 5.97 Å². The topological polar surface area (TPSA) is 88.3 Å². The van der Waals surface area contributed by atoms with E-state index in [2.05, 4.69) is 19.2 Å². The Hall–Kier alpha value is -3.15. The molecule has 0 saturated carbocycles. The molecule has 0 aliphatic carbocycles. The molecule has 27 heavy (non-hydrogen) atoms. The SMILES string of the molecule is CCc1nc(-c2cc(C)c(C)o2)nc(Nc2ccc(C(=O)O)cc2)c1CC. The second kappa shape index (κ2) is 7.61. The van der Waals surface area contributed by atoms with Crippen molar-refractivity contribution >= 4 is 17.5 Å². The number of aryl methyl sites for hydroxylation is 3. The number of nitrogens with one attached hydrogen (secondary N) is 1. The maximum absolute atomic E-state index is 11.0. The van der Waals surface area contributed by atoms with Gasteiger partial charge in [-0.2, -0.15) is 0 Å². The van der Waals surface area contributed by atoms with E-state index in [1.54, 1.807) is 24.3 Å². The summed E-state index contributed by atoms with van der Waals surface area (Å²) in [4.78, 5) is 20.4. The van der Waals surface area contributed by atoms with E-state index in [9.17, 15) is 4.79 Å². The van der Waals surface area contributed by atoms with Crippen LogP contribution >= 0.6 is 0 Å². The van der Waals surface area contributed by atoms with E-state index >= 15 is 0 Å². The van der Waals surface area contributed by atoms with Crippen LogP contribution < -0.4 is 5.32 Å². The fourth-order valence-electron chi connectivity index (χ4n) is 2.92. The van der Waals surface area contributed by atoms with Gasteiger partial charge >= 0.3 is 5.97 Å². The average molecular weight is 365 g/mol. The van der Waals surface area contributed by atoms with Crippen LogP contribution in [-0.4, -0.2) is 21.0 Å². The van der Waals surface area contributed by atoms with E-state index in [-0.39, 0.29) is 5.56 Å². The summed E-state index contributed by atoms with van der Waals surface area (Å²) in [5.41, 5.74) is 4.09. The highest BCUT2D eigenvalue weighted by Gasteiger charge is 2.16. The number of rotatable bonds is 6. The summed E-state index contributed by atoms with van der Waals surface area (Å²) in [6, 6.07) is 8.55. The van der Waals surface area contributed by atoms with E-state index in [1.165, 1.54) is 0 Å². The minimum atomic E-state index is -0.947. The molecule has 0 atom stereocenters. The number of furan rings is 1. The molecule has 0 unspecified atom stereocenters. The summed E-state index contributed by atoms with van der Waals surface area (Å²) in [5.74, 6) is 1.81. The lowest BCUT2D eigenvalue weighted by molar-refractivity contribution is 0.0697. The second-order valence-electron chi connectivity index (χ2n) is 6.39. The van der Waals surface area contributed by atoms with Gasteiger partial charge in [-0.25, -0.2) is 14.8 Å². The predicted molar refractivity (Wildman–Crippen MR) is 105 cm³/mol. The summed E-state index contributed by atoms with van der Waals surface area (Å²) in [6.07, 6.45) is 1.57. The third-order valence-electron chi connectivity index (χ3n) is 4.56. The first kappa shape index (κ1) is 18.6. The van der Waals surface area contributed by atoms with Crippen LogP contribution in [0, 0.1) is 13.8 Å². The smallest absolute Gasteiger partial charge is 0.335 e. The normalized spacial score (nSPS) is 10.8. The van der Waals surface area contributed by atoms with Crippen molar-refractivity contribution in [2.24, 2.45) is 0 Å². The third-order valence-corrected chi connectivity index (χ3v) is 4.56. The largest absolute Gasteiger partial charge is 0.478 e. The van der Waals surface area contributed by atoms with E-state index in [1.807, 2.05) is 19.9 Å². The maximum atomic E-state index is 11.0. The Morgan fingerprint density at radius 3 is 2.33 bits per heavy atom. The first-order valence-electron chi connectivity index (χ1n) is 9.00.